The van der Waals surface area contributed by atoms with Crippen LogP contribution in [0.2, 0.25) is 0 Å². The van der Waals surface area contributed by atoms with Gasteiger partial charge >= 0.3 is 0 Å². The molecule has 0 radical (unpaired) electrons. The van der Waals surface area contributed by atoms with Crippen LogP contribution in [-0.2, 0) is 0 Å². The molecule has 0 aliphatic carbocycles. The van der Waals surface area contributed by atoms with E-state index in [9.17, 15) is 0 Å². The lowest BCUT2D eigenvalue weighted by Crippen LogP contribution is -2.20. The van der Waals surface area contributed by atoms with E-state index >= 15 is 0 Å². The van der Waals surface area contributed by atoms with E-state index in [2.05, 4.69) is 58.0 Å². The quantitative estimate of drug-likeness (QED) is 0.784. The standard InChI is InChI=1S/C10H11IN2/c1-7-2-3-8(11)6-9(7)10-12-4-5-13-10/h2-3,6H,4-5H2,1H3,(H,12,13). The molecule has 0 amide bonds. The molecule has 1 aliphatic rings. The highest BCUT2D eigenvalue weighted by atomic mass is 127. The van der Waals surface area contributed by atoms with Gasteiger partial charge in [0.2, 0.25) is 0 Å². The normalized spacial score (nSPS) is 15.4. The van der Waals surface area contributed by atoms with Gasteiger partial charge in [-0.1, -0.05) is 6.07 Å². The van der Waals surface area contributed by atoms with Crippen LogP contribution in [0.15, 0.2) is 23.2 Å². The van der Waals surface area contributed by atoms with Crippen molar-refractivity contribution in [3.05, 3.63) is 32.9 Å². The van der Waals surface area contributed by atoms with Crippen LogP contribution in [0.4, 0.5) is 0 Å². The summed E-state index contributed by atoms with van der Waals surface area (Å²) in [5, 5.41) is 3.29. The van der Waals surface area contributed by atoms with Gasteiger partial charge in [0.15, 0.2) is 0 Å². The number of nitrogens with one attached hydrogen (secondary N) is 1. The number of hydrogen-bond donors (Lipinski definition) is 1. The Hall–Kier alpha value is -0.580. The van der Waals surface area contributed by atoms with E-state index in [-0.39, 0.29) is 0 Å². The first-order valence-corrected chi connectivity index (χ1v) is 5.40. The summed E-state index contributed by atoms with van der Waals surface area (Å²) in [4.78, 5) is 4.41. The predicted molar refractivity (Wildman–Crippen MR) is 63.3 cm³/mol. The second kappa shape index (κ2) is 3.65. The first-order chi connectivity index (χ1) is 6.27. The zero-order valence-corrected chi connectivity index (χ0v) is 9.63. The van der Waals surface area contributed by atoms with E-state index < -0.39 is 0 Å². The van der Waals surface area contributed by atoms with Gasteiger partial charge in [-0.3, -0.25) is 4.99 Å². The molecule has 0 atom stereocenters. The number of benzene rings is 1. The highest BCUT2D eigenvalue weighted by molar-refractivity contribution is 14.1. The van der Waals surface area contributed by atoms with Crippen LogP contribution in [0, 0.1) is 10.5 Å². The van der Waals surface area contributed by atoms with Crippen LogP contribution in [0.1, 0.15) is 11.1 Å². The summed E-state index contributed by atoms with van der Waals surface area (Å²) in [6.45, 7) is 3.99. The Balaban J connectivity index is 2.43. The van der Waals surface area contributed by atoms with Crippen LogP contribution < -0.4 is 5.32 Å². The Bertz CT molecular complexity index is 358. The Labute approximate surface area is 91.6 Å². The molecular weight excluding hydrogens is 275 g/mol. The molecule has 13 heavy (non-hydrogen) atoms. The first-order valence-electron chi connectivity index (χ1n) is 4.32. The maximum Gasteiger partial charge on any atom is 0.128 e. The fourth-order valence-corrected chi connectivity index (χ4v) is 1.92. The lowest BCUT2D eigenvalue weighted by Gasteiger charge is -2.06. The molecule has 0 bridgehead atoms. The second-order valence-electron chi connectivity index (χ2n) is 3.12. The molecule has 0 saturated carbocycles. The number of halogens is 1. The van der Waals surface area contributed by atoms with E-state index in [1.54, 1.807) is 0 Å². The van der Waals surface area contributed by atoms with E-state index in [0.29, 0.717) is 0 Å². The smallest absolute Gasteiger partial charge is 0.128 e. The van der Waals surface area contributed by atoms with Crippen LogP contribution in [0.3, 0.4) is 0 Å². The van der Waals surface area contributed by atoms with Gasteiger partial charge in [-0.05, 0) is 47.2 Å². The molecule has 3 heteroatoms. The number of nitrogens with zero attached hydrogens (tertiary/aromatic N) is 1. The molecule has 0 unspecified atom stereocenters. The first kappa shape index (κ1) is 8.99. The molecule has 0 aromatic heterocycles. The monoisotopic (exact) mass is 286 g/mol. The van der Waals surface area contributed by atoms with Gasteiger partial charge in [0, 0.05) is 15.7 Å². The zero-order valence-electron chi connectivity index (χ0n) is 7.47. The van der Waals surface area contributed by atoms with Crippen LogP contribution in [0.25, 0.3) is 0 Å². The SMILES string of the molecule is Cc1ccc(I)cc1C1=NCCN1. The molecular formula is C10H11IN2. The minimum absolute atomic E-state index is 0.903. The Morgan fingerprint density at radius 1 is 1.46 bits per heavy atom. The van der Waals surface area contributed by atoms with Crippen molar-refractivity contribution in [2.75, 3.05) is 13.1 Å². The summed E-state index contributed by atoms with van der Waals surface area (Å²) < 4.78 is 1.26. The van der Waals surface area contributed by atoms with Crippen molar-refractivity contribution >= 4 is 28.4 Å². The summed E-state index contributed by atoms with van der Waals surface area (Å²) in [5.41, 5.74) is 2.53. The lowest BCUT2D eigenvalue weighted by molar-refractivity contribution is 0.959. The highest BCUT2D eigenvalue weighted by Crippen LogP contribution is 2.14. The third kappa shape index (κ3) is 1.85. The highest BCUT2D eigenvalue weighted by Gasteiger charge is 2.10. The van der Waals surface area contributed by atoms with Gasteiger partial charge < -0.3 is 5.32 Å². The average Bonchev–Trinajstić information content (AvgIpc) is 2.61. The van der Waals surface area contributed by atoms with Gasteiger partial charge in [0.05, 0.1) is 6.54 Å². The molecule has 0 fully saturated rings. The number of aryl methyl sites for hydroxylation is 1. The molecule has 0 spiro atoms. The molecule has 1 aromatic carbocycles. The topological polar surface area (TPSA) is 24.4 Å². The molecule has 1 aliphatic heterocycles. The van der Waals surface area contributed by atoms with Crippen LogP contribution >= 0.6 is 22.6 Å². The van der Waals surface area contributed by atoms with Crippen molar-refractivity contribution in [2.24, 2.45) is 4.99 Å². The van der Waals surface area contributed by atoms with E-state index in [0.717, 1.165) is 18.9 Å². The van der Waals surface area contributed by atoms with Gasteiger partial charge in [-0.25, -0.2) is 0 Å². The third-order valence-electron chi connectivity index (χ3n) is 2.13. The Morgan fingerprint density at radius 2 is 2.31 bits per heavy atom. The van der Waals surface area contributed by atoms with E-state index in [4.69, 9.17) is 0 Å². The largest absolute Gasteiger partial charge is 0.368 e. The fraction of sp³-hybridized carbons (Fsp3) is 0.300. The number of aliphatic imine (C=N–C) groups is 1. The van der Waals surface area contributed by atoms with Gasteiger partial charge in [0.1, 0.15) is 5.84 Å². The maximum atomic E-state index is 4.41. The Kier molecular flexibility index (Phi) is 2.53. The van der Waals surface area contributed by atoms with Crippen molar-refractivity contribution < 1.29 is 0 Å². The minimum atomic E-state index is 0.903. The maximum absolute atomic E-state index is 4.41. The average molecular weight is 286 g/mol. The van der Waals surface area contributed by atoms with Gasteiger partial charge in [-0.2, -0.15) is 0 Å². The minimum Gasteiger partial charge on any atom is -0.368 e. The number of rotatable bonds is 1. The number of amidine groups is 1. The molecule has 1 N–H and O–H groups in total. The van der Waals surface area contributed by atoms with Crippen molar-refractivity contribution in [1.29, 1.82) is 0 Å². The van der Waals surface area contributed by atoms with Crippen LogP contribution in [0.5, 0.6) is 0 Å². The van der Waals surface area contributed by atoms with E-state index in [1.165, 1.54) is 14.7 Å². The molecule has 2 rings (SSSR count). The summed E-state index contributed by atoms with van der Waals surface area (Å²) in [7, 11) is 0. The summed E-state index contributed by atoms with van der Waals surface area (Å²) in [5.74, 6) is 1.05. The summed E-state index contributed by atoms with van der Waals surface area (Å²) in [6.07, 6.45) is 0. The van der Waals surface area contributed by atoms with Gasteiger partial charge in [-0.15, -0.1) is 0 Å². The zero-order chi connectivity index (χ0) is 9.26. The Morgan fingerprint density at radius 3 is 3.00 bits per heavy atom. The molecule has 68 valence electrons. The fourth-order valence-electron chi connectivity index (χ4n) is 1.43. The van der Waals surface area contributed by atoms with E-state index in [1.807, 2.05) is 0 Å². The third-order valence-corrected chi connectivity index (χ3v) is 2.80. The van der Waals surface area contributed by atoms with Crippen molar-refractivity contribution in [3.8, 4) is 0 Å². The van der Waals surface area contributed by atoms with Crippen molar-refractivity contribution in [2.45, 2.75) is 6.92 Å². The molecule has 1 heterocycles. The molecule has 2 nitrogen and oxygen atoms in total. The van der Waals surface area contributed by atoms with Crippen molar-refractivity contribution in [3.63, 3.8) is 0 Å². The molecule has 0 saturated heterocycles. The summed E-state index contributed by atoms with van der Waals surface area (Å²) in [6, 6.07) is 6.43. The summed E-state index contributed by atoms with van der Waals surface area (Å²) >= 11 is 2.33. The predicted octanol–water partition coefficient (Wildman–Crippen LogP) is 1.95. The van der Waals surface area contributed by atoms with Gasteiger partial charge in [0.25, 0.3) is 0 Å². The number of hydrogen-bond acceptors (Lipinski definition) is 2. The van der Waals surface area contributed by atoms with Crippen molar-refractivity contribution in [1.82, 2.24) is 5.32 Å². The second-order valence-corrected chi connectivity index (χ2v) is 4.36. The molecule has 1 aromatic rings. The lowest BCUT2D eigenvalue weighted by atomic mass is 10.1. The van der Waals surface area contributed by atoms with Crippen LogP contribution in [-0.4, -0.2) is 18.9 Å².